The number of carbonyl (C=O) groups excluding carboxylic acids is 1. The molecule has 1 heterocycles. The fourth-order valence-corrected chi connectivity index (χ4v) is 3.02. The van der Waals surface area contributed by atoms with Crippen LogP contribution in [0.3, 0.4) is 0 Å². The van der Waals surface area contributed by atoms with Crippen LogP contribution in [0.1, 0.15) is 20.3 Å². The van der Waals surface area contributed by atoms with E-state index in [9.17, 15) is 4.79 Å². The molecule has 2 N–H and O–H groups in total. The number of nitrogens with two attached hydrogens (primary N) is 1. The molecule has 0 aliphatic carbocycles. The summed E-state index contributed by atoms with van der Waals surface area (Å²) in [5, 5.41) is 1.92. The van der Waals surface area contributed by atoms with Gasteiger partial charge in [0.25, 0.3) is 0 Å². The Bertz CT molecular complexity index is 626. The molecule has 112 valence electrons. The number of thioether (sulfide) groups is 1. The first-order chi connectivity index (χ1) is 10.0. The van der Waals surface area contributed by atoms with Crippen LogP contribution in [0.5, 0.6) is 0 Å². The molecule has 0 aliphatic heterocycles. The lowest BCUT2D eigenvalue weighted by atomic mass is 10.0. The molecule has 2 rings (SSSR count). The third-order valence-electron chi connectivity index (χ3n) is 3.11. The van der Waals surface area contributed by atoms with Crippen molar-refractivity contribution in [2.24, 2.45) is 5.73 Å². The Morgan fingerprint density at radius 3 is 2.90 bits per heavy atom. The quantitative estimate of drug-likeness (QED) is 0.501. The van der Waals surface area contributed by atoms with Crippen LogP contribution in [0.15, 0.2) is 35.6 Å². The predicted octanol–water partition coefficient (Wildman–Crippen LogP) is 2.39. The summed E-state index contributed by atoms with van der Waals surface area (Å²) in [6, 6.07) is 7.85. The number of hydrogen-bond donors (Lipinski definition) is 1. The first kappa shape index (κ1) is 15.7. The van der Waals surface area contributed by atoms with Gasteiger partial charge in [-0.3, -0.25) is 4.79 Å². The maximum Gasteiger partial charge on any atom is 0.325 e. The lowest BCUT2D eigenvalue weighted by Gasteiger charge is -2.21. The van der Waals surface area contributed by atoms with Crippen LogP contribution in [0.25, 0.3) is 10.9 Å². The number of nitrogens with zero attached hydrogens (tertiary/aromatic N) is 2. The Labute approximate surface area is 128 Å². The van der Waals surface area contributed by atoms with Gasteiger partial charge in [-0.1, -0.05) is 18.2 Å². The molecule has 5 nitrogen and oxygen atoms in total. The van der Waals surface area contributed by atoms with Crippen LogP contribution >= 0.6 is 11.8 Å². The second-order valence-electron chi connectivity index (χ2n) is 4.93. The van der Waals surface area contributed by atoms with E-state index in [1.54, 1.807) is 31.9 Å². The molecule has 1 aromatic carbocycles. The van der Waals surface area contributed by atoms with E-state index in [1.807, 2.05) is 24.3 Å². The average molecular weight is 305 g/mol. The number of fused-ring (bicyclic) bond motifs is 1. The van der Waals surface area contributed by atoms with Crippen LogP contribution in [-0.4, -0.2) is 33.8 Å². The normalized spacial score (nSPS) is 13.9. The van der Waals surface area contributed by atoms with Gasteiger partial charge in [0.1, 0.15) is 16.9 Å². The summed E-state index contributed by atoms with van der Waals surface area (Å²) < 4.78 is 4.98. The number of aromatic nitrogens is 2. The van der Waals surface area contributed by atoms with Crippen molar-refractivity contribution in [2.75, 3.05) is 12.4 Å². The van der Waals surface area contributed by atoms with Crippen LogP contribution in [0, 0.1) is 0 Å². The highest BCUT2D eigenvalue weighted by Gasteiger charge is 2.29. The van der Waals surface area contributed by atoms with Gasteiger partial charge in [0.05, 0.1) is 12.1 Å². The van der Waals surface area contributed by atoms with E-state index >= 15 is 0 Å². The second kappa shape index (κ2) is 6.87. The minimum Gasteiger partial charge on any atom is -0.465 e. The number of rotatable bonds is 6. The topological polar surface area (TPSA) is 78.1 Å². The van der Waals surface area contributed by atoms with Gasteiger partial charge < -0.3 is 10.5 Å². The molecule has 21 heavy (non-hydrogen) atoms. The number of benzene rings is 1. The molecule has 0 amide bonds. The maximum absolute atomic E-state index is 11.7. The fourth-order valence-electron chi connectivity index (χ4n) is 1.85. The minimum absolute atomic E-state index is 0.343. The van der Waals surface area contributed by atoms with Crippen molar-refractivity contribution in [2.45, 2.75) is 30.8 Å². The summed E-state index contributed by atoms with van der Waals surface area (Å²) in [5.41, 5.74) is 5.95. The largest absolute Gasteiger partial charge is 0.465 e. The van der Waals surface area contributed by atoms with E-state index in [2.05, 4.69) is 9.97 Å². The van der Waals surface area contributed by atoms with Gasteiger partial charge in [0.15, 0.2) is 0 Å². The molecule has 2 aromatic rings. The molecule has 0 radical (unpaired) electrons. The van der Waals surface area contributed by atoms with Gasteiger partial charge in [-0.15, -0.1) is 11.8 Å². The molecular formula is C15H19N3O2S. The summed E-state index contributed by atoms with van der Waals surface area (Å²) in [6.45, 7) is 3.81. The van der Waals surface area contributed by atoms with Crippen LogP contribution < -0.4 is 5.73 Å². The van der Waals surface area contributed by atoms with Crippen molar-refractivity contribution >= 4 is 28.6 Å². The first-order valence-electron chi connectivity index (χ1n) is 6.83. The SMILES string of the molecule is CCOC(=O)C(C)(N)CCSc1ncnc2ccccc12. The van der Waals surface area contributed by atoms with E-state index in [4.69, 9.17) is 10.5 Å². The molecule has 0 fully saturated rings. The number of ether oxygens (including phenoxy) is 1. The van der Waals surface area contributed by atoms with Crippen molar-refractivity contribution in [3.63, 3.8) is 0 Å². The van der Waals surface area contributed by atoms with E-state index in [0.717, 1.165) is 15.9 Å². The zero-order chi connectivity index (χ0) is 15.3. The summed E-state index contributed by atoms with van der Waals surface area (Å²) in [5.74, 6) is 0.324. The van der Waals surface area contributed by atoms with E-state index in [-0.39, 0.29) is 5.97 Å². The monoisotopic (exact) mass is 305 g/mol. The smallest absolute Gasteiger partial charge is 0.325 e. The van der Waals surface area contributed by atoms with Gasteiger partial charge in [0.2, 0.25) is 0 Å². The van der Waals surface area contributed by atoms with Crippen LogP contribution in [0.2, 0.25) is 0 Å². The van der Waals surface area contributed by atoms with Gasteiger partial charge in [-0.05, 0) is 26.3 Å². The van der Waals surface area contributed by atoms with E-state index in [1.165, 1.54) is 0 Å². The van der Waals surface area contributed by atoms with Gasteiger partial charge >= 0.3 is 5.97 Å². The molecule has 6 heteroatoms. The highest BCUT2D eigenvalue weighted by molar-refractivity contribution is 7.99. The van der Waals surface area contributed by atoms with Gasteiger partial charge in [-0.25, -0.2) is 9.97 Å². The van der Waals surface area contributed by atoms with E-state index < -0.39 is 5.54 Å². The molecular weight excluding hydrogens is 286 g/mol. The molecule has 0 saturated carbocycles. The maximum atomic E-state index is 11.7. The van der Waals surface area contributed by atoms with Crippen LogP contribution in [0.4, 0.5) is 0 Å². The molecule has 0 saturated heterocycles. The molecule has 1 aromatic heterocycles. The summed E-state index contributed by atoms with van der Waals surface area (Å²) in [7, 11) is 0. The zero-order valence-electron chi connectivity index (χ0n) is 12.2. The average Bonchev–Trinajstić information content (AvgIpc) is 2.47. The van der Waals surface area contributed by atoms with Crippen molar-refractivity contribution < 1.29 is 9.53 Å². The number of hydrogen-bond acceptors (Lipinski definition) is 6. The van der Waals surface area contributed by atoms with Crippen molar-refractivity contribution in [1.82, 2.24) is 9.97 Å². The number of para-hydroxylation sites is 1. The minimum atomic E-state index is -0.966. The molecule has 1 atom stereocenters. The predicted molar refractivity (Wildman–Crippen MR) is 84.1 cm³/mol. The lowest BCUT2D eigenvalue weighted by molar-refractivity contribution is -0.149. The zero-order valence-corrected chi connectivity index (χ0v) is 13.0. The summed E-state index contributed by atoms with van der Waals surface area (Å²) in [6.07, 6.45) is 2.08. The Hall–Kier alpha value is -1.66. The highest BCUT2D eigenvalue weighted by Crippen LogP contribution is 2.26. The third kappa shape index (κ3) is 3.92. The van der Waals surface area contributed by atoms with Crippen molar-refractivity contribution in [1.29, 1.82) is 0 Å². The molecule has 1 unspecified atom stereocenters. The molecule has 0 aliphatic rings. The molecule has 0 bridgehead atoms. The van der Waals surface area contributed by atoms with Crippen LogP contribution in [-0.2, 0) is 9.53 Å². The summed E-state index contributed by atoms with van der Waals surface area (Å²) >= 11 is 1.57. The van der Waals surface area contributed by atoms with Crippen molar-refractivity contribution in [3.8, 4) is 0 Å². The molecule has 0 spiro atoms. The number of esters is 1. The second-order valence-corrected chi connectivity index (χ2v) is 6.02. The lowest BCUT2D eigenvalue weighted by Crippen LogP contribution is -2.46. The Morgan fingerprint density at radius 1 is 1.38 bits per heavy atom. The third-order valence-corrected chi connectivity index (χ3v) is 4.12. The Morgan fingerprint density at radius 2 is 2.14 bits per heavy atom. The summed E-state index contributed by atoms with van der Waals surface area (Å²) in [4.78, 5) is 20.3. The standard InChI is InChI=1S/C15H19N3O2S/c1-3-20-14(19)15(2,16)8-9-21-13-11-6-4-5-7-12(11)17-10-18-13/h4-7,10H,3,8-9,16H2,1-2H3. The fraction of sp³-hybridized carbons (Fsp3) is 0.400. The van der Waals surface area contributed by atoms with Gasteiger partial charge in [-0.2, -0.15) is 0 Å². The first-order valence-corrected chi connectivity index (χ1v) is 7.82. The van der Waals surface area contributed by atoms with E-state index in [0.29, 0.717) is 18.8 Å². The highest BCUT2D eigenvalue weighted by atomic mass is 32.2. The number of carbonyl (C=O) groups is 1. The van der Waals surface area contributed by atoms with Gasteiger partial charge in [0, 0.05) is 11.1 Å². The van der Waals surface area contributed by atoms with Crippen molar-refractivity contribution in [3.05, 3.63) is 30.6 Å². The Balaban J connectivity index is 2.01. The Kier molecular flexibility index (Phi) is 5.14.